The van der Waals surface area contributed by atoms with Gasteiger partial charge < -0.3 is 25.0 Å². The normalized spacial score (nSPS) is 17.7. The molecule has 0 saturated carbocycles. The molecule has 3 atom stereocenters. The van der Waals surface area contributed by atoms with Crippen LogP contribution in [0.25, 0.3) is 0 Å². The van der Waals surface area contributed by atoms with Crippen molar-refractivity contribution in [1.29, 1.82) is 0 Å². The maximum absolute atomic E-state index is 13.0. The Morgan fingerprint density at radius 3 is 2.26 bits per heavy atom. The fraction of sp³-hybridized carbons (Fsp3) is 0.448. The van der Waals surface area contributed by atoms with E-state index in [9.17, 15) is 19.2 Å². The number of ketones is 1. The van der Waals surface area contributed by atoms with Gasteiger partial charge >= 0.3 is 12.2 Å². The van der Waals surface area contributed by atoms with Crippen LogP contribution in [0.4, 0.5) is 9.59 Å². The van der Waals surface area contributed by atoms with Crippen molar-refractivity contribution in [2.75, 3.05) is 13.1 Å². The van der Waals surface area contributed by atoms with E-state index in [1.54, 1.807) is 31.2 Å². The maximum atomic E-state index is 13.0. The molecule has 2 aromatic carbocycles. The molecule has 0 aromatic heterocycles. The predicted molar refractivity (Wildman–Crippen MR) is 143 cm³/mol. The van der Waals surface area contributed by atoms with Crippen molar-refractivity contribution in [3.05, 3.63) is 66.2 Å². The fourth-order valence-corrected chi connectivity index (χ4v) is 4.33. The molecule has 0 spiro atoms. The Bertz CT molecular complexity index is 1110. The summed E-state index contributed by atoms with van der Waals surface area (Å²) in [6.07, 6.45) is -0.222. The number of ether oxygens (including phenoxy) is 2. The highest BCUT2D eigenvalue weighted by atomic mass is 16.6. The summed E-state index contributed by atoms with van der Waals surface area (Å²) in [7, 11) is 0. The van der Waals surface area contributed by atoms with E-state index in [2.05, 4.69) is 10.6 Å². The van der Waals surface area contributed by atoms with Gasteiger partial charge in [0, 0.05) is 12.0 Å². The highest BCUT2D eigenvalue weighted by Gasteiger charge is 2.45. The van der Waals surface area contributed by atoms with Crippen LogP contribution >= 0.6 is 0 Å². The van der Waals surface area contributed by atoms with Crippen molar-refractivity contribution in [2.45, 2.75) is 65.1 Å². The Morgan fingerprint density at radius 1 is 1.00 bits per heavy atom. The molecule has 2 unspecified atom stereocenters. The molecule has 9 heteroatoms. The number of carbonyl (C=O) groups is 4. The van der Waals surface area contributed by atoms with Gasteiger partial charge in [-0.05, 0) is 31.0 Å². The van der Waals surface area contributed by atoms with Gasteiger partial charge in [0.2, 0.25) is 5.78 Å². The fourth-order valence-electron chi connectivity index (χ4n) is 4.33. The molecule has 3 amide bonds. The molecular formula is C29H37N3O6. The first-order valence-electron chi connectivity index (χ1n) is 13.0. The lowest BCUT2D eigenvalue weighted by molar-refractivity contribution is -0.139. The summed E-state index contributed by atoms with van der Waals surface area (Å²) in [6, 6.07) is 16.7. The minimum absolute atomic E-state index is 0.148. The summed E-state index contributed by atoms with van der Waals surface area (Å²) in [6.45, 7) is 8.00. The molecule has 1 aliphatic heterocycles. The van der Waals surface area contributed by atoms with Gasteiger partial charge in [-0.25, -0.2) is 9.59 Å². The molecular weight excluding hydrogens is 486 g/mol. The van der Waals surface area contributed by atoms with E-state index in [0.717, 1.165) is 12.0 Å². The van der Waals surface area contributed by atoms with E-state index in [1.807, 2.05) is 57.2 Å². The molecule has 2 N–H and O–H groups in total. The average molecular weight is 524 g/mol. The van der Waals surface area contributed by atoms with Crippen molar-refractivity contribution in [2.24, 2.45) is 5.41 Å². The third-order valence-electron chi connectivity index (χ3n) is 6.64. The second kappa shape index (κ2) is 13.1. The third-order valence-corrected chi connectivity index (χ3v) is 6.64. The van der Waals surface area contributed by atoms with Crippen molar-refractivity contribution in [3.63, 3.8) is 0 Å². The summed E-state index contributed by atoms with van der Waals surface area (Å²) in [5.74, 6) is -1.06. The van der Waals surface area contributed by atoms with Crippen molar-refractivity contribution >= 4 is 23.9 Å². The van der Waals surface area contributed by atoms with E-state index in [1.165, 1.54) is 4.90 Å². The van der Waals surface area contributed by atoms with Crippen molar-refractivity contribution < 1.29 is 28.7 Å². The molecule has 1 aliphatic rings. The van der Waals surface area contributed by atoms with Crippen LogP contribution in [0.1, 0.15) is 58.6 Å². The largest absolute Gasteiger partial charge is 0.444 e. The highest BCUT2D eigenvalue weighted by molar-refractivity contribution is 6.38. The summed E-state index contributed by atoms with van der Waals surface area (Å²) < 4.78 is 11.1. The zero-order valence-electron chi connectivity index (χ0n) is 22.4. The SMILES string of the molecule is CCCC[C@H](NC(=O)OC1CN(C(=O)Oc2ccccc2)CC1(C)C)C(=O)C(=O)NC(C)c1ccccc1. The molecule has 0 aliphatic carbocycles. The number of alkyl carbamates (subject to hydrolysis) is 1. The second-order valence-electron chi connectivity index (χ2n) is 10.3. The van der Waals surface area contributed by atoms with Gasteiger partial charge in [0.05, 0.1) is 12.6 Å². The average Bonchev–Trinajstić information content (AvgIpc) is 3.20. The molecule has 1 fully saturated rings. The Labute approximate surface area is 223 Å². The number of benzene rings is 2. The smallest absolute Gasteiger partial charge is 0.415 e. The number of unbranched alkanes of at least 4 members (excludes halogenated alkanes) is 1. The highest BCUT2D eigenvalue weighted by Crippen LogP contribution is 2.32. The second-order valence-corrected chi connectivity index (χ2v) is 10.3. The van der Waals surface area contributed by atoms with Crippen LogP contribution in [0, 0.1) is 5.41 Å². The van der Waals surface area contributed by atoms with Crippen LogP contribution in [-0.4, -0.2) is 54.0 Å². The lowest BCUT2D eigenvalue weighted by atomic mass is 9.90. The van der Waals surface area contributed by atoms with E-state index in [0.29, 0.717) is 25.1 Å². The van der Waals surface area contributed by atoms with E-state index >= 15 is 0 Å². The van der Waals surface area contributed by atoms with Gasteiger partial charge in [-0.2, -0.15) is 0 Å². The van der Waals surface area contributed by atoms with E-state index < -0.39 is 41.4 Å². The quantitative estimate of drug-likeness (QED) is 0.439. The number of hydrogen-bond acceptors (Lipinski definition) is 6. The van der Waals surface area contributed by atoms with Crippen LogP contribution in [-0.2, 0) is 14.3 Å². The van der Waals surface area contributed by atoms with E-state index in [4.69, 9.17) is 9.47 Å². The molecule has 9 nitrogen and oxygen atoms in total. The molecule has 2 aromatic rings. The third kappa shape index (κ3) is 7.81. The van der Waals surface area contributed by atoms with Crippen molar-refractivity contribution in [3.8, 4) is 5.75 Å². The Kier molecular flexibility index (Phi) is 9.87. The Hall–Kier alpha value is -3.88. The zero-order valence-corrected chi connectivity index (χ0v) is 22.4. The molecule has 204 valence electrons. The monoisotopic (exact) mass is 523 g/mol. The first kappa shape index (κ1) is 28.7. The molecule has 38 heavy (non-hydrogen) atoms. The number of carbonyl (C=O) groups excluding carboxylic acids is 4. The number of nitrogens with zero attached hydrogens (tertiary/aromatic N) is 1. The molecule has 3 rings (SSSR count). The number of amides is 3. The predicted octanol–water partition coefficient (Wildman–Crippen LogP) is 4.63. The topological polar surface area (TPSA) is 114 Å². The first-order valence-corrected chi connectivity index (χ1v) is 13.0. The number of para-hydroxylation sites is 1. The van der Waals surface area contributed by atoms with Crippen LogP contribution in [0.3, 0.4) is 0 Å². The van der Waals surface area contributed by atoms with Gasteiger partial charge in [-0.15, -0.1) is 0 Å². The van der Waals surface area contributed by atoms with Crippen LogP contribution in [0.5, 0.6) is 5.75 Å². The van der Waals surface area contributed by atoms with Crippen LogP contribution in [0.2, 0.25) is 0 Å². The van der Waals surface area contributed by atoms with Gasteiger partial charge in [-0.3, -0.25) is 9.59 Å². The molecule has 0 bridgehead atoms. The first-order chi connectivity index (χ1) is 18.1. The van der Waals surface area contributed by atoms with Gasteiger partial charge in [0.15, 0.2) is 0 Å². The molecule has 1 heterocycles. The Balaban J connectivity index is 1.59. The minimum Gasteiger partial charge on any atom is -0.444 e. The number of Topliss-reactive ketones (excluding diaryl/α,β-unsaturated/α-hetero) is 1. The number of hydrogen-bond donors (Lipinski definition) is 2. The van der Waals surface area contributed by atoms with Crippen LogP contribution < -0.4 is 15.4 Å². The number of rotatable bonds is 10. The summed E-state index contributed by atoms with van der Waals surface area (Å²) >= 11 is 0. The lowest BCUT2D eigenvalue weighted by Crippen LogP contribution is -2.49. The zero-order chi connectivity index (χ0) is 27.7. The minimum atomic E-state index is -1.02. The van der Waals surface area contributed by atoms with Crippen LogP contribution in [0.15, 0.2) is 60.7 Å². The van der Waals surface area contributed by atoms with E-state index in [-0.39, 0.29) is 12.6 Å². The summed E-state index contributed by atoms with van der Waals surface area (Å²) in [4.78, 5) is 52.7. The number of nitrogens with one attached hydrogen (secondary N) is 2. The van der Waals surface area contributed by atoms with Crippen molar-refractivity contribution in [1.82, 2.24) is 15.5 Å². The lowest BCUT2D eigenvalue weighted by Gasteiger charge is -2.26. The summed E-state index contributed by atoms with van der Waals surface area (Å²) in [5.41, 5.74) is 0.322. The standard InChI is InChI=1S/C29H37N3O6/c1-5-6-17-23(25(33)26(34)30-20(2)21-13-9-7-10-14-21)31-27(35)38-24-18-32(19-29(24,3)4)28(36)37-22-15-11-8-12-16-22/h7-16,20,23-24H,5-6,17-19H2,1-4H3,(H,30,34)(H,31,35)/t20?,23-,24?/m0/s1. The number of likely N-dealkylation sites (tertiary alicyclic amines) is 1. The van der Waals surface area contributed by atoms with Gasteiger partial charge in [0.1, 0.15) is 17.9 Å². The Morgan fingerprint density at radius 2 is 1.63 bits per heavy atom. The van der Waals surface area contributed by atoms with Gasteiger partial charge in [-0.1, -0.05) is 82.1 Å². The molecule has 1 saturated heterocycles. The molecule has 0 radical (unpaired) electrons. The summed E-state index contributed by atoms with van der Waals surface area (Å²) in [5, 5.41) is 5.30. The van der Waals surface area contributed by atoms with Gasteiger partial charge in [0.25, 0.3) is 5.91 Å². The maximum Gasteiger partial charge on any atom is 0.415 e.